The molecule has 0 heterocycles. The molecule has 0 aromatic heterocycles. The van der Waals surface area contributed by atoms with Gasteiger partial charge in [-0.25, -0.2) is 0 Å². The number of aryl methyl sites for hydroxylation is 1. The lowest BCUT2D eigenvalue weighted by molar-refractivity contribution is 0.0999. The number of hydrogen-bond acceptors (Lipinski definition) is 4. The monoisotopic (exact) mass is 671 g/mol. The molecule has 0 saturated carbocycles. The minimum atomic E-state index is -2.01. The summed E-state index contributed by atoms with van der Waals surface area (Å²) in [5, 5.41) is 0.0782. The van der Waals surface area contributed by atoms with Gasteiger partial charge in [0.25, 0.3) is 5.91 Å². The number of fused-ring (bicyclic) bond motifs is 1. The molecule has 0 atom stereocenters. The Bertz CT molecular complexity index is 1410. The third-order valence-corrected chi connectivity index (χ3v) is 13.4. The maximum atomic E-state index is 14.4. The summed E-state index contributed by atoms with van der Waals surface area (Å²) in [4.78, 5) is 16.2. The van der Waals surface area contributed by atoms with Crippen molar-refractivity contribution in [2.24, 2.45) is 0 Å². The van der Waals surface area contributed by atoms with Crippen molar-refractivity contribution in [3.05, 3.63) is 86.3 Å². The molecule has 0 N–H and O–H groups in total. The fourth-order valence-corrected chi connectivity index (χ4v) is 6.30. The molecule has 5 nitrogen and oxygen atoms in total. The quantitative estimate of drug-likeness (QED) is 0.235. The van der Waals surface area contributed by atoms with Gasteiger partial charge in [-0.15, -0.1) is 0 Å². The number of nitrogens with zero attached hydrogens (tertiary/aromatic N) is 1. The van der Waals surface area contributed by atoms with Gasteiger partial charge < -0.3 is 13.9 Å². The highest BCUT2D eigenvalue weighted by molar-refractivity contribution is 9.11. The van der Waals surface area contributed by atoms with E-state index in [0.29, 0.717) is 15.8 Å². The third-order valence-electron chi connectivity index (χ3n) is 7.54. The minimum absolute atomic E-state index is 0.0782. The molecule has 1 aliphatic carbocycles. The topological polar surface area (TPSA) is 48.0 Å². The van der Waals surface area contributed by atoms with Gasteiger partial charge in [-0.3, -0.25) is 9.69 Å². The van der Waals surface area contributed by atoms with E-state index >= 15 is 0 Å². The Morgan fingerprint density at radius 2 is 1.44 bits per heavy atom. The summed E-state index contributed by atoms with van der Waals surface area (Å²) in [6.45, 7) is 11.1. The van der Waals surface area contributed by atoms with E-state index < -0.39 is 8.32 Å². The van der Waals surface area contributed by atoms with E-state index in [0.717, 1.165) is 51.3 Å². The molecular weight excluding hydrogens is 638 g/mol. The van der Waals surface area contributed by atoms with Crippen molar-refractivity contribution < 1.29 is 18.7 Å². The molecule has 39 heavy (non-hydrogen) atoms. The van der Waals surface area contributed by atoms with E-state index in [1.54, 1.807) is 25.2 Å². The summed E-state index contributed by atoms with van der Waals surface area (Å²) in [5.74, 6) is 2.05. The van der Waals surface area contributed by atoms with Gasteiger partial charge in [0.05, 0.1) is 25.5 Å². The lowest BCUT2D eigenvalue weighted by atomic mass is 9.93. The Balaban J connectivity index is 1.85. The van der Waals surface area contributed by atoms with Crippen molar-refractivity contribution >= 4 is 57.5 Å². The third kappa shape index (κ3) is 6.13. The number of ether oxygens (including phenoxy) is 2. The van der Waals surface area contributed by atoms with Gasteiger partial charge in [0.15, 0.2) is 0 Å². The number of halogens is 2. The summed E-state index contributed by atoms with van der Waals surface area (Å²) in [7, 11) is 1.25. The molecular formula is C31H35Br2NO4Si. The second-order valence-electron chi connectivity index (χ2n) is 11.1. The van der Waals surface area contributed by atoms with Crippen LogP contribution in [-0.4, -0.2) is 28.4 Å². The van der Waals surface area contributed by atoms with E-state index in [2.05, 4.69) is 71.8 Å². The average Bonchev–Trinajstić information content (AvgIpc) is 2.90. The summed E-state index contributed by atoms with van der Waals surface area (Å²) in [5.41, 5.74) is 4.19. The standard InChI is InChI=1S/C31H35Br2NO4Si/c1-31(2,3)39(6,7)38-22-11-9-21(10-12-22)34(30(35)26-19-24(37-5)14-17-27(26)32)29-25-15-13-23(36-4)18-20(25)8-16-28(29)33/h9-15,17-19H,8,16H2,1-7H3. The summed E-state index contributed by atoms with van der Waals surface area (Å²) >= 11 is 7.41. The second-order valence-corrected chi connectivity index (χ2v) is 17.7. The molecule has 8 heteroatoms. The first-order valence-electron chi connectivity index (χ1n) is 12.9. The Morgan fingerprint density at radius 3 is 2.05 bits per heavy atom. The molecule has 4 rings (SSSR count). The van der Waals surface area contributed by atoms with E-state index in [1.165, 1.54) is 0 Å². The van der Waals surface area contributed by atoms with Gasteiger partial charge in [-0.1, -0.05) is 36.7 Å². The van der Waals surface area contributed by atoms with Crippen molar-refractivity contribution in [2.75, 3.05) is 19.1 Å². The zero-order valence-corrected chi connectivity index (χ0v) is 27.7. The number of rotatable bonds is 7. The highest BCUT2D eigenvalue weighted by Crippen LogP contribution is 2.42. The smallest absolute Gasteiger partial charge is 0.264 e. The SMILES string of the molecule is COc1ccc2c(c1)CCC(Br)=C2N(C(=O)c1cc(OC)ccc1Br)c1ccc(O[Si](C)(C)C(C)(C)C)cc1. The Morgan fingerprint density at radius 1 is 0.846 bits per heavy atom. The van der Waals surface area contributed by atoms with Gasteiger partial charge in [0.2, 0.25) is 8.32 Å². The molecule has 1 amide bonds. The molecule has 3 aromatic rings. The van der Waals surface area contributed by atoms with Crippen LogP contribution in [0, 0.1) is 0 Å². The van der Waals surface area contributed by atoms with Crippen LogP contribution in [-0.2, 0) is 6.42 Å². The number of amides is 1. The Labute approximate surface area is 249 Å². The first kappa shape index (κ1) is 29.4. The predicted molar refractivity (Wildman–Crippen MR) is 169 cm³/mol. The Kier molecular flexibility index (Phi) is 8.69. The number of methoxy groups -OCH3 is 2. The molecule has 0 radical (unpaired) electrons. The summed E-state index contributed by atoms with van der Waals surface area (Å²) in [6.07, 6.45) is 1.62. The number of carbonyl (C=O) groups excluding carboxylic acids is 1. The number of hydrogen-bond donors (Lipinski definition) is 0. The average molecular weight is 674 g/mol. The van der Waals surface area contributed by atoms with Crippen molar-refractivity contribution in [3.8, 4) is 17.2 Å². The van der Waals surface area contributed by atoms with Crippen LogP contribution in [0.1, 0.15) is 48.7 Å². The number of carbonyl (C=O) groups is 1. The summed E-state index contributed by atoms with van der Waals surface area (Å²) in [6, 6.07) is 19.3. The predicted octanol–water partition coefficient (Wildman–Crippen LogP) is 9.21. The van der Waals surface area contributed by atoms with Crippen molar-refractivity contribution in [1.29, 1.82) is 0 Å². The number of allylic oxidation sites excluding steroid dienone is 1. The van der Waals surface area contributed by atoms with Gasteiger partial charge in [0, 0.05) is 20.2 Å². The molecule has 3 aromatic carbocycles. The lowest BCUT2D eigenvalue weighted by Gasteiger charge is -2.36. The first-order valence-corrected chi connectivity index (χ1v) is 17.4. The lowest BCUT2D eigenvalue weighted by Crippen LogP contribution is -2.43. The second kappa shape index (κ2) is 11.5. The van der Waals surface area contributed by atoms with Gasteiger partial charge >= 0.3 is 0 Å². The fraction of sp³-hybridized carbons (Fsp3) is 0.323. The van der Waals surface area contributed by atoms with E-state index in [-0.39, 0.29) is 10.9 Å². The van der Waals surface area contributed by atoms with Crippen LogP contribution in [0.15, 0.2) is 69.6 Å². The van der Waals surface area contributed by atoms with Crippen LogP contribution < -0.4 is 18.8 Å². The Hall–Kier alpha value is -2.55. The van der Waals surface area contributed by atoms with Crippen LogP contribution >= 0.6 is 31.9 Å². The normalized spacial score (nSPS) is 13.6. The van der Waals surface area contributed by atoms with Crippen LogP contribution in [0.4, 0.5) is 5.69 Å². The van der Waals surface area contributed by atoms with Crippen LogP contribution in [0.2, 0.25) is 18.1 Å². The highest BCUT2D eigenvalue weighted by Gasteiger charge is 2.39. The van der Waals surface area contributed by atoms with E-state index in [1.807, 2.05) is 48.5 Å². The van der Waals surface area contributed by atoms with Crippen LogP contribution in [0.3, 0.4) is 0 Å². The van der Waals surface area contributed by atoms with Crippen molar-refractivity contribution in [1.82, 2.24) is 0 Å². The summed E-state index contributed by atoms with van der Waals surface area (Å²) < 4.78 is 19.1. The molecule has 206 valence electrons. The molecule has 0 unspecified atom stereocenters. The first-order chi connectivity index (χ1) is 18.4. The van der Waals surface area contributed by atoms with E-state index in [4.69, 9.17) is 13.9 Å². The van der Waals surface area contributed by atoms with Gasteiger partial charge in [-0.2, -0.15) is 0 Å². The fourth-order valence-electron chi connectivity index (χ4n) is 4.26. The molecule has 0 spiro atoms. The maximum absolute atomic E-state index is 14.4. The molecule has 0 fully saturated rings. The van der Waals surface area contributed by atoms with Gasteiger partial charge in [0.1, 0.15) is 17.2 Å². The zero-order valence-electron chi connectivity index (χ0n) is 23.5. The van der Waals surface area contributed by atoms with Crippen molar-refractivity contribution in [2.45, 2.75) is 51.7 Å². The molecule has 0 saturated heterocycles. The molecule has 1 aliphatic rings. The molecule has 0 aliphatic heterocycles. The van der Waals surface area contributed by atoms with Crippen LogP contribution in [0.5, 0.6) is 17.2 Å². The molecule has 0 bridgehead atoms. The zero-order chi connectivity index (χ0) is 28.5. The van der Waals surface area contributed by atoms with E-state index in [9.17, 15) is 4.79 Å². The minimum Gasteiger partial charge on any atom is -0.544 e. The number of anilines is 1. The maximum Gasteiger partial charge on any atom is 0.264 e. The van der Waals surface area contributed by atoms with Crippen molar-refractivity contribution in [3.63, 3.8) is 0 Å². The van der Waals surface area contributed by atoms with Gasteiger partial charge in [-0.05, 0) is 113 Å². The highest BCUT2D eigenvalue weighted by atomic mass is 79.9. The van der Waals surface area contributed by atoms with Crippen LogP contribution in [0.25, 0.3) is 5.70 Å². The number of benzene rings is 3. The largest absolute Gasteiger partial charge is 0.544 e.